The summed E-state index contributed by atoms with van der Waals surface area (Å²) < 4.78 is 0. The molecule has 0 bridgehead atoms. The minimum Gasteiger partial charge on any atom is -0.481 e. The molecule has 4 atom stereocenters. The maximum Gasteiger partial charge on any atom is 0.325 e. The number of nitrogens with one attached hydrogen (secondary N) is 4. The van der Waals surface area contributed by atoms with Crippen molar-refractivity contribution in [3.05, 3.63) is 36.0 Å². The van der Waals surface area contributed by atoms with Gasteiger partial charge in [-0.05, 0) is 30.9 Å². The number of carbonyl (C=O) groups excluding carboxylic acids is 3. The fourth-order valence-corrected chi connectivity index (χ4v) is 3.49. The lowest BCUT2D eigenvalue weighted by Gasteiger charge is -2.25. The predicted molar refractivity (Wildman–Crippen MR) is 131 cm³/mol. The number of aliphatic carboxylic acids is 2. The van der Waals surface area contributed by atoms with Crippen molar-refractivity contribution in [1.29, 1.82) is 0 Å². The first kappa shape index (κ1) is 28.3. The van der Waals surface area contributed by atoms with Crippen molar-refractivity contribution in [2.45, 2.75) is 64.2 Å². The molecular weight excluding hydrogens is 470 g/mol. The number of carbonyl (C=O) groups is 5. The molecule has 4 unspecified atom stereocenters. The van der Waals surface area contributed by atoms with Crippen molar-refractivity contribution < 1.29 is 34.2 Å². The predicted octanol–water partition coefficient (Wildman–Crippen LogP) is 0.117. The molecule has 0 aliphatic heterocycles. The molecule has 0 radical (unpaired) electrons. The van der Waals surface area contributed by atoms with Crippen molar-refractivity contribution in [2.75, 3.05) is 0 Å². The number of benzene rings is 1. The molecule has 0 aliphatic carbocycles. The normalized spacial score (nSPS) is 14.5. The van der Waals surface area contributed by atoms with E-state index in [4.69, 9.17) is 15.9 Å². The summed E-state index contributed by atoms with van der Waals surface area (Å²) in [6.07, 6.45) is 1.05. The van der Waals surface area contributed by atoms with E-state index in [1.165, 1.54) is 6.92 Å². The van der Waals surface area contributed by atoms with Crippen LogP contribution in [0.25, 0.3) is 10.9 Å². The van der Waals surface area contributed by atoms with E-state index >= 15 is 0 Å². The van der Waals surface area contributed by atoms with E-state index in [2.05, 4.69) is 20.9 Å². The van der Waals surface area contributed by atoms with Crippen LogP contribution in [0.2, 0.25) is 0 Å². The largest absolute Gasteiger partial charge is 0.481 e. The molecule has 3 amide bonds. The van der Waals surface area contributed by atoms with Gasteiger partial charge in [0.2, 0.25) is 17.7 Å². The number of fused-ring (bicyclic) bond motifs is 1. The molecule has 1 aromatic heterocycles. The molecule has 36 heavy (non-hydrogen) atoms. The summed E-state index contributed by atoms with van der Waals surface area (Å²) in [4.78, 5) is 63.9. The summed E-state index contributed by atoms with van der Waals surface area (Å²) in [5, 5.41) is 26.3. The Balaban J connectivity index is 2.30. The second-order valence-electron chi connectivity index (χ2n) is 8.96. The first-order valence-electron chi connectivity index (χ1n) is 11.6. The average Bonchev–Trinajstić information content (AvgIpc) is 3.22. The van der Waals surface area contributed by atoms with Crippen LogP contribution < -0.4 is 21.7 Å². The summed E-state index contributed by atoms with van der Waals surface area (Å²) in [6.45, 7) is 4.76. The Labute approximate surface area is 208 Å². The number of amides is 3. The summed E-state index contributed by atoms with van der Waals surface area (Å²) in [5.41, 5.74) is 7.51. The van der Waals surface area contributed by atoms with Gasteiger partial charge in [-0.15, -0.1) is 0 Å². The van der Waals surface area contributed by atoms with Crippen LogP contribution >= 0.6 is 0 Å². The second-order valence-corrected chi connectivity index (χ2v) is 8.96. The zero-order valence-corrected chi connectivity index (χ0v) is 20.4. The lowest BCUT2D eigenvalue weighted by Crippen LogP contribution is -2.57. The molecule has 1 aromatic carbocycles. The monoisotopic (exact) mass is 503 g/mol. The van der Waals surface area contributed by atoms with Gasteiger partial charge in [-0.25, -0.2) is 0 Å². The average molecular weight is 504 g/mol. The molecule has 12 heteroatoms. The van der Waals surface area contributed by atoms with Crippen LogP contribution in [-0.2, 0) is 30.4 Å². The van der Waals surface area contributed by atoms with Gasteiger partial charge >= 0.3 is 11.9 Å². The summed E-state index contributed by atoms with van der Waals surface area (Å²) in [7, 11) is 0. The van der Waals surface area contributed by atoms with Gasteiger partial charge in [-0.1, -0.05) is 32.0 Å². The SMILES string of the molecule is CC(NC(=O)C(CCC(=O)O)NC(=O)C(Cc1c[nH]c2ccccc12)NC(=O)C(N)C(C)C)C(=O)O. The van der Waals surface area contributed by atoms with Crippen molar-refractivity contribution in [3.63, 3.8) is 0 Å². The topological polar surface area (TPSA) is 204 Å². The van der Waals surface area contributed by atoms with E-state index in [1.54, 1.807) is 20.0 Å². The third-order valence-corrected chi connectivity index (χ3v) is 5.76. The molecule has 2 aromatic rings. The quantitative estimate of drug-likeness (QED) is 0.199. The summed E-state index contributed by atoms with van der Waals surface area (Å²) >= 11 is 0. The molecular formula is C24H33N5O7. The maximum atomic E-state index is 13.3. The van der Waals surface area contributed by atoms with Crippen LogP contribution in [-0.4, -0.2) is 69.0 Å². The van der Waals surface area contributed by atoms with E-state index in [0.29, 0.717) is 0 Å². The molecule has 8 N–H and O–H groups in total. The summed E-state index contributed by atoms with van der Waals surface area (Å²) in [6, 6.07) is 2.77. The van der Waals surface area contributed by atoms with E-state index in [-0.39, 0.29) is 18.8 Å². The molecule has 0 saturated carbocycles. The molecule has 196 valence electrons. The minimum absolute atomic E-state index is 0.0607. The maximum absolute atomic E-state index is 13.3. The van der Waals surface area contributed by atoms with Gasteiger partial charge in [0.05, 0.1) is 6.04 Å². The fraction of sp³-hybridized carbons (Fsp3) is 0.458. The molecule has 1 heterocycles. The van der Waals surface area contributed by atoms with Crippen molar-refractivity contribution >= 4 is 40.6 Å². The van der Waals surface area contributed by atoms with Crippen LogP contribution in [0.5, 0.6) is 0 Å². The number of rotatable bonds is 13. The third-order valence-electron chi connectivity index (χ3n) is 5.76. The van der Waals surface area contributed by atoms with Crippen molar-refractivity contribution in [3.8, 4) is 0 Å². The van der Waals surface area contributed by atoms with Crippen molar-refractivity contribution in [2.24, 2.45) is 11.7 Å². The number of aromatic amines is 1. The van der Waals surface area contributed by atoms with E-state index in [1.807, 2.05) is 24.3 Å². The smallest absolute Gasteiger partial charge is 0.325 e. The number of para-hydroxylation sites is 1. The molecule has 0 saturated heterocycles. The molecule has 2 rings (SSSR count). The first-order valence-corrected chi connectivity index (χ1v) is 11.6. The highest BCUT2D eigenvalue weighted by molar-refractivity contribution is 5.95. The van der Waals surface area contributed by atoms with Gasteiger partial charge in [-0.3, -0.25) is 24.0 Å². The first-order chi connectivity index (χ1) is 16.9. The van der Waals surface area contributed by atoms with E-state index < -0.39 is 60.2 Å². The molecule has 0 fully saturated rings. The van der Waals surface area contributed by atoms with Crippen molar-refractivity contribution in [1.82, 2.24) is 20.9 Å². The Kier molecular flexibility index (Phi) is 9.97. The van der Waals surface area contributed by atoms with E-state index in [9.17, 15) is 24.0 Å². The second kappa shape index (κ2) is 12.7. The van der Waals surface area contributed by atoms with Gasteiger partial charge in [-0.2, -0.15) is 0 Å². The third kappa shape index (κ3) is 7.80. The van der Waals surface area contributed by atoms with Gasteiger partial charge in [0, 0.05) is 29.9 Å². The van der Waals surface area contributed by atoms with Gasteiger partial charge < -0.3 is 36.9 Å². The Morgan fingerprint density at radius 1 is 0.917 bits per heavy atom. The highest BCUT2D eigenvalue weighted by atomic mass is 16.4. The number of nitrogens with two attached hydrogens (primary N) is 1. The lowest BCUT2D eigenvalue weighted by molar-refractivity contribution is -0.142. The Morgan fingerprint density at radius 2 is 1.53 bits per heavy atom. The Hall–Kier alpha value is -3.93. The Bertz CT molecular complexity index is 1110. The minimum atomic E-state index is -1.34. The van der Waals surface area contributed by atoms with Gasteiger partial charge in [0.15, 0.2) is 0 Å². The number of carboxylic acid groups (broad SMARTS) is 2. The number of hydrogen-bond acceptors (Lipinski definition) is 6. The van der Waals surface area contributed by atoms with Gasteiger partial charge in [0.25, 0.3) is 0 Å². The number of aromatic nitrogens is 1. The van der Waals surface area contributed by atoms with Crippen LogP contribution in [0, 0.1) is 5.92 Å². The molecule has 0 aliphatic rings. The number of carboxylic acids is 2. The zero-order chi connectivity index (χ0) is 27.0. The highest BCUT2D eigenvalue weighted by Gasteiger charge is 2.30. The molecule has 0 spiro atoms. The van der Waals surface area contributed by atoms with Crippen LogP contribution in [0.4, 0.5) is 0 Å². The van der Waals surface area contributed by atoms with E-state index in [0.717, 1.165) is 16.5 Å². The van der Waals surface area contributed by atoms with Crippen LogP contribution in [0.1, 0.15) is 39.2 Å². The highest BCUT2D eigenvalue weighted by Crippen LogP contribution is 2.19. The lowest BCUT2D eigenvalue weighted by atomic mass is 10.0. The van der Waals surface area contributed by atoms with Crippen LogP contribution in [0.15, 0.2) is 30.5 Å². The fourth-order valence-electron chi connectivity index (χ4n) is 3.49. The molecule has 12 nitrogen and oxygen atoms in total. The van der Waals surface area contributed by atoms with Crippen LogP contribution in [0.3, 0.4) is 0 Å². The number of H-pyrrole nitrogens is 1. The Morgan fingerprint density at radius 3 is 2.14 bits per heavy atom. The zero-order valence-electron chi connectivity index (χ0n) is 20.4. The number of hydrogen-bond donors (Lipinski definition) is 7. The summed E-state index contributed by atoms with van der Waals surface area (Å²) in [5.74, 6) is -4.84. The standard InChI is InChI=1S/C24H33N5O7/c1-12(2)20(25)23(34)29-18(10-14-11-26-16-7-5-4-6-15(14)16)22(33)28-17(8-9-19(30)31)21(32)27-13(3)24(35)36/h4-7,11-13,17-18,20,26H,8-10,25H2,1-3H3,(H,27,32)(H,28,33)(H,29,34)(H,30,31)(H,35,36). The van der Waals surface area contributed by atoms with Gasteiger partial charge in [0.1, 0.15) is 18.1 Å².